The molecule has 0 saturated carbocycles. The van der Waals surface area contributed by atoms with E-state index in [2.05, 4.69) is 19.9 Å². The van der Waals surface area contributed by atoms with E-state index >= 15 is 0 Å². The first-order chi connectivity index (χ1) is 16.4. The lowest BCUT2D eigenvalue weighted by Crippen LogP contribution is -2.45. The van der Waals surface area contributed by atoms with Gasteiger partial charge in [-0.2, -0.15) is 0 Å². The number of hydrogen-bond donors (Lipinski definition) is 3. The number of carbonyl (C=O) groups excluding carboxylic acids is 1. The van der Waals surface area contributed by atoms with Crippen LogP contribution in [0.5, 0.6) is 0 Å². The number of carbonyl (C=O) groups is 1. The summed E-state index contributed by atoms with van der Waals surface area (Å²) in [6, 6.07) is 15.3. The van der Waals surface area contributed by atoms with Gasteiger partial charge >= 0.3 is 0 Å². The molecule has 1 aliphatic heterocycles. The molecular formula is C23H25ClN6O2S2. The molecule has 0 aliphatic carbocycles. The first-order valence-electron chi connectivity index (χ1n) is 10.8. The van der Waals surface area contributed by atoms with Gasteiger partial charge in [0.2, 0.25) is 11.0 Å². The fourth-order valence-electron chi connectivity index (χ4n) is 4.07. The van der Waals surface area contributed by atoms with E-state index in [9.17, 15) is 9.00 Å². The van der Waals surface area contributed by atoms with Gasteiger partial charge in [0.05, 0.1) is 21.8 Å². The van der Waals surface area contributed by atoms with Crippen LogP contribution in [0.15, 0.2) is 64.6 Å². The molecule has 1 unspecified atom stereocenters. The van der Waals surface area contributed by atoms with Crippen LogP contribution in [-0.2, 0) is 22.3 Å². The van der Waals surface area contributed by atoms with Crippen LogP contribution in [0.1, 0.15) is 12.8 Å². The average Bonchev–Trinajstić information content (AvgIpc) is 3.23. The minimum absolute atomic E-state index is 0.0212. The van der Waals surface area contributed by atoms with Gasteiger partial charge in [0.1, 0.15) is 6.54 Å². The third kappa shape index (κ3) is 5.75. The number of rotatable bonds is 6. The predicted molar refractivity (Wildman–Crippen MR) is 142 cm³/mol. The maximum Gasteiger partial charge on any atom is 0.240 e. The minimum atomic E-state index is -1.50. The monoisotopic (exact) mass is 516 g/mol. The third-order valence-electron chi connectivity index (χ3n) is 5.70. The summed E-state index contributed by atoms with van der Waals surface area (Å²) in [6.45, 7) is 1.87. The van der Waals surface area contributed by atoms with E-state index in [0.29, 0.717) is 9.92 Å². The summed E-state index contributed by atoms with van der Waals surface area (Å²) in [5.74, 6) is -0.0212. The van der Waals surface area contributed by atoms with Crippen molar-refractivity contribution in [1.82, 2.24) is 14.6 Å². The molecule has 1 aliphatic rings. The van der Waals surface area contributed by atoms with E-state index in [4.69, 9.17) is 29.6 Å². The van der Waals surface area contributed by atoms with Crippen molar-refractivity contribution in [3.8, 4) is 0 Å². The SMILES string of the molecule is NC=NC(=S)NS(=O)c1ccc(N2CCC(NC(=O)Cn3ccc4cccc(Cl)c43)CC2)cc1. The van der Waals surface area contributed by atoms with E-state index in [1.54, 1.807) is 12.1 Å². The molecule has 4 rings (SSSR count). The first-order valence-corrected chi connectivity index (χ1v) is 12.7. The van der Waals surface area contributed by atoms with E-state index in [-0.39, 0.29) is 23.6 Å². The fourth-order valence-corrected chi connectivity index (χ4v) is 5.36. The predicted octanol–water partition coefficient (Wildman–Crippen LogP) is 2.96. The van der Waals surface area contributed by atoms with Gasteiger partial charge in [0.15, 0.2) is 11.0 Å². The number of para-hydroxylation sites is 1. The molecular weight excluding hydrogens is 492 g/mol. The van der Waals surface area contributed by atoms with Crippen LogP contribution in [0, 0.1) is 0 Å². The summed E-state index contributed by atoms with van der Waals surface area (Å²) in [7, 11) is -1.50. The van der Waals surface area contributed by atoms with Crippen molar-refractivity contribution in [1.29, 1.82) is 0 Å². The standard InChI is InChI=1S/C23H25ClN6O2S2/c24-20-3-1-2-16-8-11-30(22(16)20)14-21(31)27-17-9-12-29(13-10-17)18-4-6-19(7-5-18)34(32)28-23(33)26-15-25/h1-8,11,15,17H,9-10,12-14H2,(H,27,31)(H3,25,26,28,33). The number of nitrogens with two attached hydrogens (primary N) is 1. The highest BCUT2D eigenvalue weighted by atomic mass is 35.5. The second kappa shape index (κ2) is 11.0. The van der Waals surface area contributed by atoms with Crippen LogP contribution in [-0.4, -0.2) is 45.3 Å². The molecule has 0 spiro atoms. The molecule has 4 N–H and O–H groups in total. The van der Waals surface area contributed by atoms with E-state index < -0.39 is 11.0 Å². The zero-order valence-electron chi connectivity index (χ0n) is 18.3. The van der Waals surface area contributed by atoms with Crippen molar-refractivity contribution in [3.63, 3.8) is 0 Å². The lowest BCUT2D eigenvalue weighted by atomic mass is 10.0. The fraction of sp³-hybridized carbons (Fsp3) is 0.261. The van der Waals surface area contributed by atoms with Gasteiger partial charge in [-0.1, -0.05) is 23.7 Å². The lowest BCUT2D eigenvalue weighted by molar-refractivity contribution is -0.122. The Kier molecular flexibility index (Phi) is 7.81. The molecule has 0 bridgehead atoms. The highest BCUT2D eigenvalue weighted by molar-refractivity contribution is 7.87. The summed E-state index contributed by atoms with van der Waals surface area (Å²) < 4.78 is 16.8. The van der Waals surface area contributed by atoms with Crippen LogP contribution in [0.2, 0.25) is 5.02 Å². The Morgan fingerprint density at radius 2 is 1.94 bits per heavy atom. The first kappa shape index (κ1) is 24.2. The van der Waals surface area contributed by atoms with Crippen LogP contribution >= 0.6 is 23.8 Å². The Morgan fingerprint density at radius 3 is 2.65 bits per heavy atom. The number of aliphatic imine (C=N–C) groups is 1. The number of piperidine rings is 1. The van der Waals surface area contributed by atoms with Gasteiger partial charge in [0.25, 0.3) is 0 Å². The number of hydrogen-bond acceptors (Lipinski definition) is 4. The van der Waals surface area contributed by atoms with Gasteiger partial charge in [-0.05, 0) is 61.5 Å². The average molecular weight is 517 g/mol. The summed E-state index contributed by atoms with van der Waals surface area (Å²) in [5, 5.41) is 4.89. The largest absolute Gasteiger partial charge is 0.390 e. The number of aromatic nitrogens is 1. The molecule has 11 heteroatoms. The Morgan fingerprint density at radius 1 is 1.21 bits per heavy atom. The van der Waals surface area contributed by atoms with Gasteiger partial charge in [-0.15, -0.1) is 0 Å². The van der Waals surface area contributed by atoms with Gasteiger partial charge in [0, 0.05) is 36.4 Å². The number of amides is 1. The van der Waals surface area contributed by atoms with Crippen molar-refractivity contribution >= 4 is 68.8 Å². The van der Waals surface area contributed by atoms with Gasteiger partial charge < -0.3 is 20.5 Å². The summed E-state index contributed by atoms with van der Waals surface area (Å²) in [6.07, 6.45) is 4.64. The highest BCUT2D eigenvalue weighted by Crippen LogP contribution is 2.25. The number of nitrogens with one attached hydrogen (secondary N) is 2. The van der Waals surface area contributed by atoms with Crippen LogP contribution < -0.4 is 20.7 Å². The molecule has 2 aromatic carbocycles. The molecule has 1 fully saturated rings. The minimum Gasteiger partial charge on any atom is -0.390 e. The molecule has 2 heterocycles. The lowest BCUT2D eigenvalue weighted by Gasteiger charge is -2.34. The molecule has 178 valence electrons. The Bertz CT molecular complexity index is 1240. The zero-order valence-corrected chi connectivity index (χ0v) is 20.7. The van der Waals surface area contributed by atoms with E-state index in [1.165, 1.54) is 0 Å². The summed E-state index contributed by atoms with van der Waals surface area (Å²) in [5.41, 5.74) is 7.11. The number of anilines is 1. The molecule has 3 aromatic rings. The molecule has 1 atom stereocenters. The van der Waals surface area contributed by atoms with E-state index in [1.807, 2.05) is 47.2 Å². The molecule has 8 nitrogen and oxygen atoms in total. The number of thiocarbonyl (C=S) groups is 1. The second-order valence-electron chi connectivity index (χ2n) is 7.90. The highest BCUT2D eigenvalue weighted by Gasteiger charge is 2.21. The van der Waals surface area contributed by atoms with Crippen LogP contribution in [0.25, 0.3) is 10.9 Å². The number of benzene rings is 2. The summed E-state index contributed by atoms with van der Waals surface area (Å²) in [4.78, 5) is 19.2. The maximum atomic E-state index is 12.7. The Balaban J connectivity index is 1.28. The molecule has 1 saturated heterocycles. The van der Waals surface area contributed by atoms with E-state index in [0.717, 1.165) is 48.9 Å². The van der Waals surface area contributed by atoms with Crippen LogP contribution in [0.4, 0.5) is 5.69 Å². The number of nitrogens with zero attached hydrogens (tertiary/aromatic N) is 3. The number of fused-ring (bicyclic) bond motifs is 1. The van der Waals surface area contributed by atoms with Crippen LogP contribution in [0.3, 0.4) is 0 Å². The normalized spacial score (nSPS) is 15.5. The van der Waals surface area contributed by atoms with Crippen molar-refractivity contribution < 1.29 is 9.00 Å². The Hall–Kier alpha value is -2.95. The van der Waals surface area contributed by atoms with Crippen molar-refractivity contribution in [3.05, 3.63) is 59.8 Å². The quantitative estimate of drug-likeness (QED) is 0.265. The maximum absolute atomic E-state index is 12.7. The number of halogens is 1. The smallest absolute Gasteiger partial charge is 0.240 e. The summed E-state index contributed by atoms with van der Waals surface area (Å²) >= 11 is 11.3. The van der Waals surface area contributed by atoms with Crippen molar-refractivity contribution in [2.24, 2.45) is 10.7 Å². The molecule has 1 aromatic heterocycles. The zero-order chi connectivity index (χ0) is 24.1. The molecule has 1 amide bonds. The molecule has 0 radical (unpaired) electrons. The molecule has 34 heavy (non-hydrogen) atoms. The topological polar surface area (TPSA) is 105 Å². The van der Waals surface area contributed by atoms with Crippen molar-refractivity contribution in [2.75, 3.05) is 18.0 Å². The third-order valence-corrected chi connectivity index (χ3v) is 7.42. The second-order valence-corrected chi connectivity index (χ2v) is 9.91. The van der Waals surface area contributed by atoms with Gasteiger partial charge in [-0.3, -0.25) is 9.52 Å². The Labute approximate surface area is 210 Å². The van der Waals surface area contributed by atoms with Gasteiger partial charge in [-0.25, -0.2) is 9.20 Å². The van der Waals surface area contributed by atoms with Crippen molar-refractivity contribution in [2.45, 2.75) is 30.3 Å².